The van der Waals surface area contributed by atoms with E-state index in [2.05, 4.69) is 94.8 Å². The summed E-state index contributed by atoms with van der Waals surface area (Å²) < 4.78 is 0. The van der Waals surface area contributed by atoms with Crippen molar-refractivity contribution in [3.8, 4) is 0 Å². The molecule has 0 aromatic heterocycles. The molecule has 192 valence electrons. The van der Waals surface area contributed by atoms with E-state index in [1.54, 1.807) is 0 Å². The summed E-state index contributed by atoms with van der Waals surface area (Å²) in [4.78, 5) is 41.4. The van der Waals surface area contributed by atoms with Gasteiger partial charge in [0.2, 0.25) is 0 Å². The Balaban J connectivity index is 0.000000450. The summed E-state index contributed by atoms with van der Waals surface area (Å²) in [6.07, 6.45) is 8.99. The van der Waals surface area contributed by atoms with Gasteiger partial charge in [0.05, 0.1) is 0 Å². The maximum absolute atomic E-state index is 9.10. The minimum absolute atomic E-state index is 1.04. The van der Waals surface area contributed by atoms with Crippen molar-refractivity contribution >= 4 is 36.0 Å². The van der Waals surface area contributed by atoms with Gasteiger partial charge in [-0.25, -0.2) is 19.2 Å². The summed E-state index contributed by atoms with van der Waals surface area (Å²) in [6.45, 7) is 6.69. The topological polar surface area (TPSA) is 156 Å². The Labute approximate surface area is 209 Å². The summed E-state index contributed by atoms with van der Waals surface area (Å²) in [6, 6.07) is 21.0. The van der Waals surface area contributed by atoms with Crippen LogP contribution in [0.15, 0.2) is 72.8 Å². The van der Waals surface area contributed by atoms with Crippen molar-refractivity contribution in [3.63, 3.8) is 0 Å². The summed E-state index contributed by atoms with van der Waals surface area (Å²) >= 11 is 0. The third-order valence-electron chi connectivity index (χ3n) is 4.78. The molecule has 2 aromatic rings. The number of rotatable bonds is 6. The van der Waals surface area contributed by atoms with Gasteiger partial charge < -0.3 is 20.4 Å². The lowest BCUT2D eigenvalue weighted by atomic mass is 10.2. The highest BCUT2D eigenvalue weighted by atomic mass is 16.4. The molecular formula is C26H30N2O8. The molecule has 36 heavy (non-hydrogen) atoms. The molecule has 0 amide bonds. The number of hydrogen-bond acceptors (Lipinski definition) is 6. The zero-order chi connectivity index (χ0) is 26.8. The van der Waals surface area contributed by atoms with E-state index >= 15 is 0 Å². The van der Waals surface area contributed by atoms with Crippen LogP contribution in [0, 0.1) is 0 Å². The van der Waals surface area contributed by atoms with E-state index in [9.17, 15) is 0 Å². The number of carboxylic acid groups (broad SMARTS) is 4. The van der Waals surface area contributed by atoms with E-state index in [1.165, 1.54) is 11.1 Å². The van der Waals surface area contributed by atoms with Crippen LogP contribution in [0.2, 0.25) is 0 Å². The molecule has 0 atom stereocenters. The van der Waals surface area contributed by atoms with Crippen LogP contribution in [-0.4, -0.2) is 93.4 Å². The van der Waals surface area contributed by atoms with Crippen LogP contribution >= 0.6 is 0 Å². The predicted molar refractivity (Wildman–Crippen MR) is 134 cm³/mol. The molecule has 0 unspecified atom stereocenters. The van der Waals surface area contributed by atoms with Crippen molar-refractivity contribution in [1.82, 2.24) is 9.80 Å². The van der Waals surface area contributed by atoms with E-state index in [0.717, 1.165) is 39.3 Å². The smallest absolute Gasteiger partial charge is 0.414 e. The lowest BCUT2D eigenvalue weighted by Gasteiger charge is -2.33. The Morgan fingerprint density at radius 2 is 0.833 bits per heavy atom. The summed E-state index contributed by atoms with van der Waals surface area (Å²) in [5.74, 6) is -7.30. The summed E-state index contributed by atoms with van der Waals surface area (Å²) in [5.41, 5.74) is 2.56. The van der Waals surface area contributed by atoms with Crippen LogP contribution in [0.25, 0.3) is 12.2 Å². The first-order chi connectivity index (χ1) is 17.2. The standard InChI is InChI=1S/C22H26N2.2C2H2O4/c1-3-9-21(10-4-1)13-7-15-23-17-19-24(20-18-23)16-8-14-22-11-5-2-6-12-22;2*3-1(4)2(5)6/h1-14H,15-20H2;2*(H,3,4)(H,5,6). The average Bonchev–Trinajstić information content (AvgIpc) is 2.87. The fourth-order valence-corrected chi connectivity index (χ4v) is 2.96. The van der Waals surface area contributed by atoms with Gasteiger partial charge in [0, 0.05) is 39.3 Å². The molecule has 10 nitrogen and oxygen atoms in total. The Bertz CT molecular complexity index is 907. The average molecular weight is 499 g/mol. The number of piperazine rings is 1. The third kappa shape index (κ3) is 14.1. The molecule has 0 bridgehead atoms. The van der Waals surface area contributed by atoms with Crippen molar-refractivity contribution in [2.45, 2.75) is 0 Å². The largest absolute Gasteiger partial charge is 0.473 e. The molecule has 0 radical (unpaired) electrons. The van der Waals surface area contributed by atoms with Crippen LogP contribution in [0.1, 0.15) is 11.1 Å². The van der Waals surface area contributed by atoms with E-state index in [0.29, 0.717) is 0 Å². The van der Waals surface area contributed by atoms with Gasteiger partial charge in [0.15, 0.2) is 0 Å². The fourth-order valence-electron chi connectivity index (χ4n) is 2.96. The maximum Gasteiger partial charge on any atom is 0.414 e. The Morgan fingerprint density at radius 3 is 1.08 bits per heavy atom. The second-order valence-corrected chi connectivity index (χ2v) is 7.45. The van der Waals surface area contributed by atoms with Gasteiger partial charge in [-0.15, -0.1) is 0 Å². The lowest BCUT2D eigenvalue weighted by Crippen LogP contribution is -2.46. The number of carboxylic acids is 4. The first kappa shape index (κ1) is 29.8. The van der Waals surface area contributed by atoms with E-state index in [4.69, 9.17) is 39.6 Å². The van der Waals surface area contributed by atoms with Gasteiger partial charge in [0.1, 0.15) is 0 Å². The Morgan fingerprint density at radius 1 is 0.556 bits per heavy atom. The quantitative estimate of drug-likeness (QED) is 0.436. The molecule has 1 saturated heterocycles. The molecule has 1 aliphatic rings. The number of carbonyl (C=O) groups is 4. The van der Waals surface area contributed by atoms with Crippen LogP contribution < -0.4 is 0 Å². The third-order valence-corrected chi connectivity index (χ3v) is 4.78. The van der Waals surface area contributed by atoms with Crippen molar-refractivity contribution in [3.05, 3.63) is 83.9 Å². The van der Waals surface area contributed by atoms with E-state index < -0.39 is 23.9 Å². The summed E-state index contributed by atoms with van der Waals surface area (Å²) in [5, 5.41) is 29.6. The van der Waals surface area contributed by atoms with Gasteiger partial charge in [0.25, 0.3) is 0 Å². The Hall–Kier alpha value is -4.28. The minimum atomic E-state index is -1.82. The van der Waals surface area contributed by atoms with Crippen LogP contribution in [0.3, 0.4) is 0 Å². The number of benzene rings is 2. The van der Waals surface area contributed by atoms with Crippen molar-refractivity contribution in [2.24, 2.45) is 0 Å². The van der Waals surface area contributed by atoms with Crippen molar-refractivity contribution in [1.29, 1.82) is 0 Å². The van der Waals surface area contributed by atoms with E-state index in [-0.39, 0.29) is 0 Å². The highest BCUT2D eigenvalue weighted by Crippen LogP contribution is 2.06. The lowest BCUT2D eigenvalue weighted by molar-refractivity contribution is -0.159. The molecule has 0 saturated carbocycles. The first-order valence-corrected chi connectivity index (χ1v) is 11.0. The van der Waals surface area contributed by atoms with Gasteiger partial charge >= 0.3 is 23.9 Å². The predicted octanol–water partition coefficient (Wildman–Crippen LogP) is 2.34. The van der Waals surface area contributed by atoms with E-state index in [1.807, 2.05) is 0 Å². The van der Waals surface area contributed by atoms with Gasteiger partial charge in [-0.05, 0) is 11.1 Å². The number of aliphatic carboxylic acids is 4. The molecule has 0 aliphatic carbocycles. The molecule has 4 N–H and O–H groups in total. The number of hydrogen-bond donors (Lipinski definition) is 4. The molecule has 0 spiro atoms. The zero-order valence-electron chi connectivity index (χ0n) is 19.6. The summed E-state index contributed by atoms with van der Waals surface area (Å²) in [7, 11) is 0. The Kier molecular flexibility index (Phi) is 14.2. The maximum atomic E-state index is 9.10. The molecule has 1 fully saturated rings. The van der Waals surface area contributed by atoms with Crippen LogP contribution in [-0.2, 0) is 19.2 Å². The van der Waals surface area contributed by atoms with Gasteiger partial charge in [-0.2, -0.15) is 0 Å². The molecular weight excluding hydrogens is 468 g/mol. The highest BCUT2D eigenvalue weighted by molar-refractivity contribution is 6.27. The van der Waals surface area contributed by atoms with Gasteiger partial charge in [-0.3, -0.25) is 9.80 Å². The first-order valence-electron chi connectivity index (χ1n) is 11.0. The zero-order valence-corrected chi connectivity index (χ0v) is 19.6. The monoisotopic (exact) mass is 498 g/mol. The molecule has 10 heteroatoms. The SMILES string of the molecule is C(=Cc1ccccc1)CN1CCN(CC=Cc2ccccc2)CC1.O=C(O)C(=O)O.O=C(O)C(=O)O. The van der Waals surface area contributed by atoms with Gasteiger partial charge in [-0.1, -0.05) is 85.0 Å². The highest BCUT2D eigenvalue weighted by Gasteiger charge is 2.14. The molecule has 3 rings (SSSR count). The molecule has 1 aliphatic heterocycles. The minimum Gasteiger partial charge on any atom is -0.473 e. The van der Waals surface area contributed by atoms with Crippen molar-refractivity contribution < 1.29 is 39.6 Å². The fraction of sp³-hybridized carbons (Fsp3) is 0.231. The molecule has 2 aromatic carbocycles. The second kappa shape index (κ2) is 17.2. The van der Waals surface area contributed by atoms with Crippen molar-refractivity contribution in [2.75, 3.05) is 39.3 Å². The normalized spacial score (nSPS) is 13.8. The van der Waals surface area contributed by atoms with Crippen LogP contribution in [0.5, 0.6) is 0 Å². The molecule has 1 heterocycles. The van der Waals surface area contributed by atoms with Crippen LogP contribution in [0.4, 0.5) is 0 Å². The second-order valence-electron chi connectivity index (χ2n) is 7.45. The number of nitrogens with zero attached hydrogens (tertiary/aromatic N) is 2.